The number of nitrogens with zero attached hydrogens (tertiary/aromatic N) is 6. The van der Waals surface area contributed by atoms with Crippen molar-refractivity contribution in [3.8, 4) is 45.0 Å². The lowest BCUT2D eigenvalue weighted by molar-refractivity contribution is -0.138. The van der Waals surface area contributed by atoms with Gasteiger partial charge in [0.2, 0.25) is 0 Å². The molecule has 0 amide bonds. The number of anilines is 6. The van der Waals surface area contributed by atoms with Crippen LogP contribution in [0, 0.1) is 0 Å². The number of hydrogen-bond acceptors (Lipinski definition) is 6. The van der Waals surface area contributed by atoms with Gasteiger partial charge in [-0.2, -0.15) is 26.3 Å². The fourth-order valence-electron chi connectivity index (χ4n) is 9.98. The first-order valence-electron chi connectivity index (χ1n) is 23.5. The van der Waals surface area contributed by atoms with Crippen LogP contribution in [0.2, 0.25) is 0 Å². The Morgan fingerprint density at radius 2 is 0.528 bits per heavy atom. The number of halogens is 6. The molecule has 12 rings (SSSR count). The summed E-state index contributed by atoms with van der Waals surface area (Å²) in [4.78, 5) is 24.7. The topological polar surface area (TPSA) is 58.0 Å². The highest BCUT2D eigenvalue weighted by atomic mass is 19.4. The van der Waals surface area contributed by atoms with Gasteiger partial charge in [0.05, 0.1) is 33.9 Å². The number of fused-ring (bicyclic) bond motifs is 5. The van der Waals surface area contributed by atoms with Crippen molar-refractivity contribution in [2.75, 3.05) is 9.80 Å². The Kier molecular flexibility index (Phi) is 10.9. The maximum atomic E-state index is 13.8. The minimum absolute atomic E-state index is 0.0909. The van der Waals surface area contributed by atoms with Crippen molar-refractivity contribution in [2.24, 2.45) is 0 Å². The van der Waals surface area contributed by atoms with Crippen molar-refractivity contribution in [3.63, 3.8) is 0 Å². The fourth-order valence-corrected chi connectivity index (χ4v) is 9.98. The van der Waals surface area contributed by atoms with Crippen LogP contribution in [0.4, 0.5) is 60.5 Å². The average molecular weight is 959 g/mol. The van der Waals surface area contributed by atoms with E-state index in [0.717, 1.165) is 84.1 Å². The van der Waals surface area contributed by atoms with Crippen LogP contribution >= 0.6 is 0 Å². The van der Waals surface area contributed by atoms with Gasteiger partial charge in [-0.05, 0) is 121 Å². The van der Waals surface area contributed by atoms with Gasteiger partial charge in [-0.25, -0.2) is 19.9 Å². The molecule has 0 saturated carbocycles. The van der Waals surface area contributed by atoms with E-state index in [1.165, 1.54) is 46.5 Å². The molecule has 10 aromatic rings. The number of benzene rings is 8. The summed E-state index contributed by atoms with van der Waals surface area (Å²) in [6.45, 7) is 0. The summed E-state index contributed by atoms with van der Waals surface area (Å²) in [6, 6.07) is 58.6. The Morgan fingerprint density at radius 1 is 0.292 bits per heavy atom. The number of aryl methyl sites for hydroxylation is 4. The van der Waals surface area contributed by atoms with Gasteiger partial charge in [0, 0.05) is 56.4 Å². The van der Waals surface area contributed by atoms with Crippen LogP contribution in [0.5, 0.6) is 0 Å². The second-order valence-corrected chi connectivity index (χ2v) is 17.9. The summed E-state index contributed by atoms with van der Waals surface area (Å²) in [6.07, 6.45) is -5.63. The molecule has 4 heterocycles. The van der Waals surface area contributed by atoms with E-state index in [2.05, 4.69) is 82.6 Å². The molecule has 0 atom stereocenters. The number of rotatable bonds is 6. The first kappa shape index (κ1) is 44.6. The third-order valence-electron chi connectivity index (χ3n) is 13.5. The Bertz CT molecular complexity index is 3330. The van der Waals surface area contributed by atoms with E-state index in [1.807, 2.05) is 72.8 Å². The van der Waals surface area contributed by atoms with Crippen molar-refractivity contribution in [1.29, 1.82) is 0 Å². The van der Waals surface area contributed by atoms with Crippen LogP contribution in [0.25, 0.3) is 56.3 Å². The molecular weight excluding hydrogens is 919 g/mol. The van der Waals surface area contributed by atoms with Crippen molar-refractivity contribution in [3.05, 3.63) is 228 Å². The van der Waals surface area contributed by atoms with Crippen LogP contribution in [0.3, 0.4) is 0 Å². The Morgan fingerprint density at radius 3 is 0.778 bits per heavy atom. The molecule has 2 aliphatic rings. The second-order valence-electron chi connectivity index (χ2n) is 17.9. The lowest BCUT2D eigenvalue weighted by Gasteiger charge is -2.27. The Labute approximate surface area is 410 Å². The van der Waals surface area contributed by atoms with Gasteiger partial charge in [-0.1, -0.05) is 121 Å². The molecule has 6 nitrogen and oxygen atoms in total. The molecule has 352 valence electrons. The summed E-state index contributed by atoms with van der Waals surface area (Å²) < 4.78 is 82.7. The summed E-state index contributed by atoms with van der Waals surface area (Å²) in [7, 11) is 0. The van der Waals surface area contributed by atoms with Gasteiger partial charge in [0.15, 0.2) is 11.3 Å². The van der Waals surface area contributed by atoms with Gasteiger partial charge in [0.25, 0.3) is 0 Å². The Balaban J connectivity index is 1.04. The molecule has 0 spiro atoms. The van der Waals surface area contributed by atoms with Crippen LogP contribution in [0.1, 0.15) is 33.4 Å². The highest BCUT2D eigenvalue weighted by Crippen LogP contribution is 2.45. The summed E-state index contributed by atoms with van der Waals surface area (Å²) in [5.74, 6) is 0. The molecule has 72 heavy (non-hydrogen) atoms. The van der Waals surface area contributed by atoms with Crippen LogP contribution in [-0.2, 0) is 38.0 Å². The number of aromatic nitrogens is 4. The van der Waals surface area contributed by atoms with E-state index in [-0.39, 0.29) is 33.8 Å². The van der Waals surface area contributed by atoms with Crippen LogP contribution in [-0.4, -0.2) is 19.9 Å². The molecule has 0 unspecified atom stereocenters. The minimum Gasteiger partial charge on any atom is -0.310 e. The fraction of sp³-hybridized carbons (Fsp3) is 0.100. The zero-order valence-corrected chi connectivity index (χ0v) is 38.3. The predicted octanol–water partition coefficient (Wildman–Crippen LogP) is 16.3. The first-order chi connectivity index (χ1) is 34.9. The van der Waals surface area contributed by atoms with Crippen molar-refractivity contribution in [1.82, 2.24) is 19.9 Å². The Hall–Kier alpha value is -8.64. The molecule has 0 fully saturated rings. The second kappa shape index (κ2) is 17.6. The zero-order chi connectivity index (χ0) is 49.1. The lowest BCUT2D eigenvalue weighted by atomic mass is 10.0. The lowest BCUT2D eigenvalue weighted by Crippen LogP contribution is -2.11. The van der Waals surface area contributed by atoms with Gasteiger partial charge in [-0.3, -0.25) is 0 Å². The van der Waals surface area contributed by atoms with E-state index in [9.17, 15) is 26.3 Å². The maximum absolute atomic E-state index is 13.8. The number of alkyl halides is 6. The molecular formula is C60H40F6N6. The molecule has 12 heteroatoms. The molecule has 2 aromatic heterocycles. The van der Waals surface area contributed by atoms with E-state index in [1.54, 1.807) is 0 Å². The zero-order valence-electron chi connectivity index (χ0n) is 38.3. The average Bonchev–Trinajstić information content (AvgIpc) is 3.68. The normalized spacial score (nSPS) is 13.4. The van der Waals surface area contributed by atoms with E-state index in [0.29, 0.717) is 22.5 Å². The van der Waals surface area contributed by atoms with Crippen LogP contribution in [0.15, 0.2) is 194 Å². The predicted molar refractivity (Wildman–Crippen MR) is 271 cm³/mol. The molecule has 0 saturated heterocycles. The SMILES string of the molecule is FC(F)(F)c1ccc(-c2nc3nc(-c4ccc(N5c6ccccc6CCc6ccccc65)cc4)c(-c4ccc(N5c6ccccc6CCc6ccccc65)cc4)nc3nc2-c2ccc(C(F)(F)F)cc2)cc1. The summed E-state index contributed by atoms with van der Waals surface area (Å²) in [5, 5.41) is 0. The highest BCUT2D eigenvalue weighted by Gasteiger charge is 2.32. The number of hydrogen-bond donors (Lipinski definition) is 0. The van der Waals surface area contributed by atoms with Gasteiger partial charge in [0.1, 0.15) is 0 Å². The van der Waals surface area contributed by atoms with Crippen molar-refractivity contribution >= 4 is 45.4 Å². The summed E-state index contributed by atoms with van der Waals surface area (Å²) in [5.41, 5.74) is 12.7. The van der Waals surface area contributed by atoms with E-state index in [4.69, 9.17) is 19.9 Å². The largest absolute Gasteiger partial charge is 0.416 e. The molecule has 0 bridgehead atoms. The maximum Gasteiger partial charge on any atom is 0.416 e. The quantitative estimate of drug-likeness (QED) is 0.155. The molecule has 2 aliphatic heterocycles. The number of para-hydroxylation sites is 4. The third kappa shape index (κ3) is 8.18. The molecule has 8 aromatic carbocycles. The molecule has 0 N–H and O–H groups in total. The van der Waals surface area contributed by atoms with Crippen molar-refractivity contribution < 1.29 is 26.3 Å². The molecule has 0 aliphatic carbocycles. The smallest absolute Gasteiger partial charge is 0.310 e. The van der Waals surface area contributed by atoms with Gasteiger partial charge >= 0.3 is 12.4 Å². The van der Waals surface area contributed by atoms with E-state index < -0.39 is 23.5 Å². The standard InChI is InChI=1S/C60H40F6N6/c61-59(62,63)45-29-21-41(22-30-45)53-54(42-23-31-46(32-24-42)60(64,65)66)68-58-57(67-53)69-55(43-25-33-47(34-26-43)71-49-13-5-1-9-37(49)17-18-38-10-2-6-14-50(38)71)56(70-58)44-27-35-48(36-28-44)72-51-15-7-3-11-39(51)19-20-40-12-4-8-16-52(40)72/h1-16,21-36H,17-20H2. The third-order valence-corrected chi connectivity index (χ3v) is 13.5. The van der Waals surface area contributed by atoms with Gasteiger partial charge < -0.3 is 9.80 Å². The molecule has 0 radical (unpaired) electrons. The van der Waals surface area contributed by atoms with Gasteiger partial charge in [-0.15, -0.1) is 0 Å². The monoisotopic (exact) mass is 958 g/mol. The van der Waals surface area contributed by atoms with E-state index >= 15 is 0 Å². The highest BCUT2D eigenvalue weighted by molar-refractivity contribution is 5.90. The minimum atomic E-state index is -4.60. The van der Waals surface area contributed by atoms with Crippen LogP contribution < -0.4 is 9.80 Å². The summed E-state index contributed by atoms with van der Waals surface area (Å²) >= 11 is 0. The van der Waals surface area contributed by atoms with Crippen molar-refractivity contribution in [2.45, 2.75) is 38.0 Å². The first-order valence-corrected chi connectivity index (χ1v) is 23.5.